The van der Waals surface area contributed by atoms with E-state index in [1.165, 1.54) is 6.07 Å². The Labute approximate surface area is 184 Å². The first-order chi connectivity index (χ1) is 14.3. The van der Waals surface area contributed by atoms with Gasteiger partial charge in [0.1, 0.15) is 6.61 Å². The molecule has 30 heavy (non-hydrogen) atoms. The number of halogens is 4. The number of fused-ring (bicyclic) bond motifs is 2. The molecule has 2 aliphatic heterocycles. The lowest BCUT2D eigenvalue weighted by Crippen LogP contribution is -2.35. The smallest absolute Gasteiger partial charge is 0.372 e. The molecule has 1 aromatic heterocycles. The summed E-state index contributed by atoms with van der Waals surface area (Å²) in [6.45, 7) is 2.46. The Morgan fingerprint density at radius 3 is 2.83 bits per heavy atom. The summed E-state index contributed by atoms with van der Waals surface area (Å²) in [7, 11) is 0. The predicted molar refractivity (Wildman–Crippen MR) is 109 cm³/mol. The maximum atomic E-state index is 13.5. The first-order valence-electron chi connectivity index (χ1n) is 9.90. The van der Waals surface area contributed by atoms with E-state index in [2.05, 4.69) is 32.8 Å². The van der Waals surface area contributed by atoms with E-state index >= 15 is 0 Å². The zero-order valence-electron chi connectivity index (χ0n) is 16.0. The number of hydrogen-bond acceptors (Lipinski definition) is 4. The zero-order chi connectivity index (χ0) is 21.1. The highest BCUT2D eigenvalue weighted by Crippen LogP contribution is 2.55. The normalized spacial score (nSPS) is 28.5. The van der Waals surface area contributed by atoms with Crippen LogP contribution in [0.2, 0.25) is 0 Å². The largest absolute Gasteiger partial charge is 0.416 e. The van der Waals surface area contributed by atoms with Gasteiger partial charge in [0.05, 0.1) is 12.2 Å². The number of hydrogen-bond donors (Lipinski definition) is 0. The number of amides is 1. The molecule has 3 aliphatic rings. The Morgan fingerprint density at radius 2 is 2.07 bits per heavy atom. The van der Waals surface area contributed by atoms with Gasteiger partial charge in [-0.15, -0.1) is 10.2 Å². The molecule has 3 atom stereocenters. The lowest BCUT2D eigenvalue weighted by atomic mass is 9.91. The highest BCUT2D eigenvalue weighted by Gasteiger charge is 2.54. The van der Waals surface area contributed by atoms with Gasteiger partial charge in [-0.25, -0.2) is 0 Å². The van der Waals surface area contributed by atoms with Crippen molar-refractivity contribution in [2.45, 2.75) is 41.5 Å². The topological polar surface area (TPSA) is 60.3 Å². The highest BCUT2D eigenvalue weighted by molar-refractivity contribution is 14.1. The van der Waals surface area contributed by atoms with E-state index in [-0.39, 0.29) is 21.2 Å². The van der Waals surface area contributed by atoms with Gasteiger partial charge in [0.15, 0.2) is 5.82 Å². The number of benzene rings is 1. The second-order valence-corrected chi connectivity index (χ2v) is 10.4. The van der Waals surface area contributed by atoms with Crippen LogP contribution in [0.1, 0.15) is 46.3 Å². The first-order valence-corrected chi connectivity index (χ1v) is 11.0. The molecule has 0 radical (unpaired) electrons. The molecule has 3 heterocycles. The molecule has 0 N–H and O–H groups in total. The molecular formula is C20H20F3IN4O2. The average Bonchev–Trinajstić information content (AvgIpc) is 3.36. The fourth-order valence-electron chi connectivity index (χ4n) is 5.09. The quantitative estimate of drug-likeness (QED) is 0.438. The first kappa shape index (κ1) is 20.2. The van der Waals surface area contributed by atoms with Crippen LogP contribution >= 0.6 is 22.6 Å². The zero-order valence-corrected chi connectivity index (χ0v) is 18.2. The minimum atomic E-state index is -4.36. The highest BCUT2D eigenvalue weighted by atomic mass is 127. The van der Waals surface area contributed by atoms with Crippen LogP contribution in [0.4, 0.5) is 13.2 Å². The minimum Gasteiger partial charge on any atom is -0.372 e. The number of aromatic nitrogens is 3. The van der Waals surface area contributed by atoms with E-state index in [4.69, 9.17) is 4.74 Å². The third-order valence-corrected chi connectivity index (χ3v) is 8.15. The fourth-order valence-corrected chi connectivity index (χ4v) is 6.49. The predicted octanol–water partition coefficient (Wildman–Crippen LogP) is 3.65. The van der Waals surface area contributed by atoms with Crippen LogP contribution in [-0.2, 0) is 24.1 Å². The minimum absolute atomic E-state index is 0.153. The Bertz CT molecular complexity index is 995. The van der Waals surface area contributed by atoms with Crippen molar-refractivity contribution in [3.05, 3.63) is 47.0 Å². The lowest BCUT2D eigenvalue weighted by Gasteiger charge is -2.24. The fraction of sp³-hybridized carbons (Fsp3) is 0.550. The standard InChI is InChI=1S/C20H20F3IN4O2/c21-20(22,23)15-4-2-1-3-14(15)12-7-13-9-27(11-19(13,24)8-12)18(29)17-26-25-16-10-30-6-5-28(16)17/h1-4,12-13H,5-11H2/t12-,13-,19?/m0/s1. The molecule has 10 heteroatoms. The van der Waals surface area contributed by atoms with Gasteiger partial charge in [0.2, 0.25) is 5.82 Å². The molecule has 1 unspecified atom stereocenters. The van der Waals surface area contributed by atoms with E-state index in [0.29, 0.717) is 62.9 Å². The summed E-state index contributed by atoms with van der Waals surface area (Å²) in [5, 5.41) is 8.13. The van der Waals surface area contributed by atoms with Gasteiger partial charge >= 0.3 is 6.18 Å². The molecule has 2 aromatic rings. The van der Waals surface area contributed by atoms with Crippen molar-refractivity contribution < 1.29 is 22.7 Å². The number of carbonyl (C=O) groups excluding carboxylic acids is 1. The molecule has 0 bridgehead atoms. The van der Waals surface area contributed by atoms with Crippen LogP contribution in [-0.4, -0.2) is 48.7 Å². The van der Waals surface area contributed by atoms with Gasteiger partial charge in [-0.3, -0.25) is 4.79 Å². The number of ether oxygens (including phenoxy) is 1. The number of rotatable bonds is 2. The third kappa shape index (κ3) is 3.31. The van der Waals surface area contributed by atoms with Crippen molar-refractivity contribution in [2.75, 3.05) is 19.7 Å². The molecule has 6 nitrogen and oxygen atoms in total. The summed E-state index contributed by atoms with van der Waals surface area (Å²) in [5.41, 5.74) is -0.167. The maximum Gasteiger partial charge on any atom is 0.416 e. The molecule has 1 saturated heterocycles. The number of nitrogens with zero attached hydrogens (tertiary/aromatic N) is 4. The van der Waals surface area contributed by atoms with Gasteiger partial charge in [-0.1, -0.05) is 40.8 Å². The molecular weight excluding hydrogens is 512 g/mol. The molecule has 0 spiro atoms. The van der Waals surface area contributed by atoms with Crippen LogP contribution in [0.3, 0.4) is 0 Å². The summed E-state index contributed by atoms with van der Waals surface area (Å²) in [6.07, 6.45) is -3.09. The monoisotopic (exact) mass is 532 g/mol. The average molecular weight is 532 g/mol. The summed E-state index contributed by atoms with van der Waals surface area (Å²) in [5.74, 6) is 0.818. The van der Waals surface area contributed by atoms with Crippen LogP contribution < -0.4 is 0 Å². The second kappa shape index (κ2) is 7.18. The Kier molecular flexibility index (Phi) is 4.84. The van der Waals surface area contributed by atoms with Crippen molar-refractivity contribution in [1.29, 1.82) is 0 Å². The van der Waals surface area contributed by atoms with Crippen molar-refractivity contribution in [2.24, 2.45) is 5.92 Å². The van der Waals surface area contributed by atoms with E-state index in [9.17, 15) is 18.0 Å². The van der Waals surface area contributed by atoms with Gasteiger partial charge in [0.25, 0.3) is 5.91 Å². The lowest BCUT2D eigenvalue weighted by molar-refractivity contribution is -0.138. The molecule has 1 saturated carbocycles. The van der Waals surface area contributed by atoms with Crippen LogP contribution in [0.5, 0.6) is 0 Å². The van der Waals surface area contributed by atoms with E-state index in [1.54, 1.807) is 17.0 Å². The van der Waals surface area contributed by atoms with Gasteiger partial charge in [-0.05, 0) is 36.3 Å². The molecule has 1 aliphatic carbocycles. The number of alkyl halides is 4. The molecule has 1 amide bonds. The van der Waals surface area contributed by atoms with Gasteiger partial charge < -0.3 is 14.2 Å². The number of carbonyl (C=O) groups is 1. The number of likely N-dealkylation sites (tertiary alicyclic amines) is 1. The maximum absolute atomic E-state index is 13.5. The SMILES string of the molecule is O=C(c1nnc2n1CCOC2)N1C[C@@H]2C[C@H](c3ccccc3C(F)(F)F)CC2(I)C1. The van der Waals surface area contributed by atoms with Crippen LogP contribution in [0, 0.1) is 5.92 Å². The Hall–Kier alpha value is -1.69. The van der Waals surface area contributed by atoms with E-state index in [1.807, 2.05) is 4.57 Å². The summed E-state index contributed by atoms with van der Waals surface area (Å²) < 4.78 is 47.3. The summed E-state index contributed by atoms with van der Waals surface area (Å²) in [4.78, 5) is 14.9. The van der Waals surface area contributed by atoms with Crippen molar-refractivity contribution in [1.82, 2.24) is 19.7 Å². The molecule has 2 fully saturated rings. The van der Waals surface area contributed by atoms with Crippen molar-refractivity contribution in [3.63, 3.8) is 0 Å². The molecule has 160 valence electrons. The summed E-state index contributed by atoms with van der Waals surface area (Å²) in [6, 6.07) is 5.87. The molecule has 5 rings (SSSR count). The second-order valence-electron chi connectivity index (χ2n) is 8.28. The third-order valence-electron chi connectivity index (χ3n) is 6.48. The Morgan fingerprint density at radius 1 is 1.27 bits per heavy atom. The Balaban J connectivity index is 1.34. The summed E-state index contributed by atoms with van der Waals surface area (Å²) >= 11 is 2.36. The van der Waals surface area contributed by atoms with Crippen molar-refractivity contribution in [3.8, 4) is 0 Å². The van der Waals surface area contributed by atoms with Gasteiger partial charge in [0, 0.05) is 23.1 Å². The van der Waals surface area contributed by atoms with E-state index < -0.39 is 11.7 Å². The van der Waals surface area contributed by atoms with Crippen LogP contribution in [0.25, 0.3) is 0 Å². The van der Waals surface area contributed by atoms with Crippen LogP contribution in [0.15, 0.2) is 24.3 Å². The molecule has 1 aromatic carbocycles. The van der Waals surface area contributed by atoms with Gasteiger partial charge in [-0.2, -0.15) is 13.2 Å². The van der Waals surface area contributed by atoms with E-state index in [0.717, 1.165) is 6.07 Å². The van der Waals surface area contributed by atoms with Crippen molar-refractivity contribution >= 4 is 28.5 Å².